The molecule has 7 heteroatoms. The van der Waals surface area contributed by atoms with E-state index in [-0.39, 0.29) is 11.8 Å². The van der Waals surface area contributed by atoms with E-state index < -0.39 is 10.3 Å². The van der Waals surface area contributed by atoms with E-state index in [9.17, 15) is 15.2 Å². The average Bonchev–Trinajstić information content (AvgIpc) is 2.80. The van der Waals surface area contributed by atoms with Crippen LogP contribution < -0.4 is 5.73 Å². The number of hydrogen-bond donors (Lipinski definition) is 3. The van der Waals surface area contributed by atoms with Crippen LogP contribution in [0.1, 0.15) is 31.4 Å². The number of aromatic nitrogens is 2. The molecule has 4 N–H and O–H groups in total. The Bertz CT molecular complexity index is 409. The van der Waals surface area contributed by atoms with Gasteiger partial charge in [0.05, 0.1) is 11.0 Å². The van der Waals surface area contributed by atoms with Gasteiger partial charge in [-0.15, -0.1) is 0 Å². The summed E-state index contributed by atoms with van der Waals surface area (Å²) in [6.45, 7) is 0.322. The molecule has 0 saturated heterocycles. The summed E-state index contributed by atoms with van der Waals surface area (Å²) in [5.41, 5.74) is 5.84. The van der Waals surface area contributed by atoms with Gasteiger partial charge in [-0.3, -0.25) is 15.2 Å². The third-order valence-corrected chi connectivity index (χ3v) is 3.65. The van der Waals surface area contributed by atoms with Crippen LogP contribution in [0, 0.1) is 10.1 Å². The molecule has 1 heterocycles. The van der Waals surface area contributed by atoms with Crippen LogP contribution in [-0.2, 0) is 5.41 Å². The van der Waals surface area contributed by atoms with Gasteiger partial charge in [0.25, 0.3) is 0 Å². The van der Waals surface area contributed by atoms with Crippen LogP contribution in [0.2, 0.25) is 0 Å². The minimum Gasteiger partial charge on any atom is -0.393 e. The maximum atomic E-state index is 10.9. The Morgan fingerprint density at radius 3 is 2.82 bits per heavy atom. The number of nitrogens with two attached hydrogens (primary N) is 1. The van der Waals surface area contributed by atoms with Crippen molar-refractivity contribution in [3.05, 3.63) is 22.0 Å². The number of aliphatic hydroxyl groups excluding tert-OH is 1. The lowest BCUT2D eigenvalue weighted by Crippen LogP contribution is -2.40. The normalized spacial score (nSPS) is 29.2. The molecular formula is C10H16N4O3. The summed E-state index contributed by atoms with van der Waals surface area (Å²) >= 11 is 0. The molecule has 1 fully saturated rings. The van der Waals surface area contributed by atoms with E-state index in [1.807, 2.05) is 0 Å². The zero-order chi connectivity index (χ0) is 12.5. The number of nitro groups is 1. The van der Waals surface area contributed by atoms with E-state index >= 15 is 0 Å². The van der Waals surface area contributed by atoms with E-state index in [1.54, 1.807) is 0 Å². The van der Waals surface area contributed by atoms with Gasteiger partial charge in [-0.1, -0.05) is 0 Å². The first-order valence-corrected chi connectivity index (χ1v) is 5.65. The third kappa shape index (κ3) is 2.03. The van der Waals surface area contributed by atoms with Crippen molar-refractivity contribution in [1.82, 2.24) is 10.2 Å². The van der Waals surface area contributed by atoms with Gasteiger partial charge in [0.2, 0.25) is 0 Å². The third-order valence-electron chi connectivity index (χ3n) is 3.65. The molecule has 1 aromatic rings. The number of H-pyrrole nitrogens is 1. The highest BCUT2D eigenvalue weighted by molar-refractivity contribution is 5.39. The van der Waals surface area contributed by atoms with Crippen LogP contribution in [0.25, 0.3) is 0 Å². The smallest absolute Gasteiger partial charge is 0.310 e. The molecule has 17 heavy (non-hydrogen) atoms. The minimum absolute atomic E-state index is 0.00756. The number of rotatable bonds is 3. The van der Waals surface area contributed by atoms with Crippen molar-refractivity contribution in [3.8, 4) is 0 Å². The molecular weight excluding hydrogens is 224 g/mol. The largest absolute Gasteiger partial charge is 0.393 e. The number of aromatic amines is 1. The molecule has 94 valence electrons. The molecule has 1 aliphatic rings. The second-order valence-corrected chi connectivity index (χ2v) is 4.60. The molecule has 0 aliphatic heterocycles. The molecule has 0 amide bonds. The van der Waals surface area contributed by atoms with E-state index in [2.05, 4.69) is 10.2 Å². The lowest BCUT2D eigenvalue weighted by molar-refractivity contribution is -0.386. The highest BCUT2D eigenvalue weighted by Crippen LogP contribution is 2.41. The number of aliphatic hydroxyl groups is 1. The Morgan fingerprint density at radius 1 is 1.65 bits per heavy atom. The fourth-order valence-corrected chi connectivity index (χ4v) is 2.52. The zero-order valence-electron chi connectivity index (χ0n) is 9.43. The Morgan fingerprint density at radius 2 is 2.29 bits per heavy atom. The Kier molecular flexibility index (Phi) is 3.12. The van der Waals surface area contributed by atoms with E-state index in [0.717, 1.165) is 0 Å². The molecule has 0 radical (unpaired) electrons. The van der Waals surface area contributed by atoms with Crippen LogP contribution in [0.15, 0.2) is 6.20 Å². The van der Waals surface area contributed by atoms with Gasteiger partial charge in [-0.05, 0) is 25.7 Å². The predicted molar refractivity (Wildman–Crippen MR) is 60.4 cm³/mol. The van der Waals surface area contributed by atoms with E-state index in [4.69, 9.17) is 5.73 Å². The van der Waals surface area contributed by atoms with Crippen molar-refractivity contribution >= 4 is 5.69 Å². The molecule has 1 aromatic heterocycles. The van der Waals surface area contributed by atoms with Gasteiger partial charge in [-0.2, -0.15) is 5.10 Å². The quantitative estimate of drug-likeness (QED) is 0.523. The molecule has 0 spiro atoms. The Balaban J connectivity index is 2.34. The number of nitrogens with zero attached hydrogens (tertiary/aromatic N) is 2. The maximum Gasteiger partial charge on any atom is 0.310 e. The average molecular weight is 240 g/mol. The first kappa shape index (κ1) is 12.0. The highest BCUT2D eigenvalue weighted by atomic mass is 16.6. The number of hydrogen-bond acceptors (Lipinski definition) is 5. The van der Waals surface area contributed by atoms with Crippen molar-refractivity contribution in [2.45, 2.75) is 37.2 Å². The van der Waals surface area contributed by atoms with Crippen LogP contribution >= 0.6 is 0 Å². The van der Waals surface area contributed by atoms with Crippen LogP contribution in [0.4, 0.5) is 5.69 Å². The molecule has 2 rings (SSSR count). The molecule has 0 aromatic carbocycles. The van der Waals surface area contributed by atoms with Crippen LogP contribution in [0.5, 0.6) is 0 Å². The minimum atomic E-state index is -0.446. The second kappa shape index (κ2) is 4.42. The van der Waals surface area contributed by atoms with E-state index in [1.165, 1.54) is 6.20 Å². The fraction of sp³-hybridized carbons (Fsp3) is 0.700. The Labute approximate surface area is 98.2 Å². The first-order chi connectivity index (χ1) is 8.09. The Hall–Kier alpha value is -1.47. The molecule has 0 bridgehead atoms. The van der Waals surface area contributed by atoms with Gasteiger partial charge in [0, 0.05) is 12.0 Å². The number of nitrogens with one attached hydrogen (secondary N) is 1. The van der Waals surface area contributed by atoms with Gasteiger partial charge in [0.1, 0.15) is 11.9 Å². The SMILES string of the molecule is NCC1(c2[nH]ncc2[N+](=O)[O-])CCC(O)CC1. The van der Waals surface area contributed by atoms with Crippen molar-refractivity contribution in [3.63, 3.8) is 0 Å². The van der Waals surface area contributed by atoms with Crippen LogP contribution in [0.3, 0.4) is 0 Å². The van der Waals surface area contributed by atoms with Crippen molar-refractivity contribution in [1.29, 1.82) is 0 Å². The summed E-state index contributed by atoms with van der Waals surface area (Å²) < 4.78 is 0. The van der Waals surface area contributed by atoms with Crippen molar-refractivity contribution < 1.29 is 10.0 Å². The highest BCUT2D eigenvalue weighted by Gasteiger charge is 2.41. The first-order valence-electron chi connectivity index (χ1n) is 5.65. The van der Waals surface area contributed by atoms with Gasteiger partial charge in [-0.25, -0.2) is 0 Å². The summed E-state index contributed by atoms with van der Waals surface area (Å²) in [5.74, 6) is 0. The molecule has 7 nitrogen and oxygen atoms in total. The lowest BCUT2D eigenvalue weighted by atomic mass is 9.70. The molecule has 0 unspecified atom stereocenters. The molecule has 1 aliphatic carbocycles. The topological polar surface area (TPSA) is 118 Å². The summed E-state index contributed by atoms with van der Waals surface area (Å²) in [4.78, 5) is 10.5. The summed E-state index contributed by atoms with van der Waals surface area (Å²) in [5, 5.41) is 26.9. The van der Waals surface area contributed by atoms with Crippen molar-refractivity contribution in [2.24, 2.45) is 5.73 Å². The van der Waals surface area contributed by atoms with Gasteiger partial charge in [0.15, 0.2) is 0 Å². The molecule has 1 saturated carbocycles. The second-order valence-electron chi connectivity index (χ2n) is 4.60. The summed E-state index contributed by atoms with van der Waals surface area (Å²) in [6.07, 6.45) is 3.43. The van der Waals surface area contributed by atoms with Gasteiger partial charge >= 0.3 is 5.69 Å². The predicted octanol–water partition coefficient (Wildman–Crippen LogP) is 0.449. The summed E-state index contributed by atoms with van der Waals surface area (Å²) in [6, 6.07) is 0. The lowest BCUT2D eigenvalue weighted by Gasteiger charge is -2.36. The monoisotopic (exact) mass is 240 g/mol. The van der Waals surface area contributed by atoms with E-state index in [0.29, 0.717) is 37.9 Å². The molecule has 0 atom stereocenters. The standard InChI is InChI=1S/C10H16N4O3/c11-6-10(3-1-7(15)2-4-10)9-8(14(16)17)5-12-13-9/h5,7,15H,1-4,6,11H2,(H,12,13). The zero-order valence-corrected chi connectivity index (χ0v) is 9.43. The van der Waals surface area contributed by atoms with Crippen LogP contribution in [-0.4, -0.2) is 32.9 Å². The summed E-state index contributed by atoms with van der Waals surface area (Å²) in [7, 11) is 0. The van der Waals surface area contributed by atoms with Gasteiger partial charge < -0.3 is 10.8 Å². The van der Waals surface area contributed by atoms with Crippen molar-refractivity contribution in [2.75, 3.05) is 6.54 Å². The maximum absolute atomic E-state index is 10.9. The fourth-order valence-electron chi connectivity index (χ4n) is 2.52.